The molecule has 3 aromatic rings. The summed E-state index contributed by atoms with van der Waals surface area (Å²) in [6.45, 7) is 2.06. The molecule has 1 N–H and O–H groups in total. The molecule has 0 saturated carbocycles. The van der Waals surface area contributed by atoms with Crippen LogP contribution in [0.25, 0.3) is 11.6 Å². The van der Waals surface area contributed by atoms with Gasteiger partial charge in [-0.25, -0.2) is 0 Å². The van der Waals surface area contributed by atoms with Crippen molar-refractivity contribution in [3.05, 3.63) is 42.1 Å². The first-order chi connectivity index (χ1) is 11.2. The Labute approximate surface area is 137 Å². The van der Waals surface area contributed by atoms with E-state index in [2.05, 4.69) is 27.5 Å². The first kappa shape index (κ1) is 15.3. The van der Waals surface area contributed by atoms with E-state index in [1.165, 1.54) is 0 Å². The number of thioether (sulfide) groups is 1. The minimum Gasteiger partial charge on any atom is -0.401 e. The van der Waals surface area contributed by atoms with Gasteiger partial charge in [-0.3, -0.25) is 14.8 Å². The maximum Gasteiger partial charge on any atom is 0.322 e. The van der Waals surface area contributed by atoms with Crippen LogP contribution in [0.1, 0.15) is 17.3 Å². The standard InChI is InChI=1S/C15H15N5O2S/c1-3-23-11-6-4-5-10(9-11)13(21)16-15-18-17-14(22-15)12-7-8-20(2)19-12/h4-9H,3H2,1-2H3,(H,16,18,21). The molecule has 0 radical (unpaired) electrons. The number of amides is 1. The van der Waals surface area contributed by atoms with Crippen LogP contribution in [0.5, 0.6) is 0 Å². The number of hydrogen-bond donors (Lipinski definition) is 1. The van der Waals surface area contributed by atoms with Crippen molar-refractivity contribution in [2.24, 2.45) is 7.05 Å². The van der Waals surface area contributed by atoms with E-state index in [1.54, 1.807) is 41.8 Å². The highest BCUT2D eigenvalue weighted by atomic mass is 32.2. The number of nitrogens with one attached hydrogen (secondary N) is 1. The van der Waals surface area contributed by atoms with Crippen molar-refractivity contribution in [2.75, 3.05) is 11.1 Å². The lowest BCUT2D eigenvalue weighted by Gasteiger charge is -2.03. The summed E-state index contributed by atoms with van der Waals surface area (Å²) in [5.41, 5.74) is 1.10. The maximum atomic E-state index is 12.3. The Morgan fingerprint density at radius 3 is 2.96 bits per heavy atom. The van der Waals surface area contributed by atoms with Crippen LogP contribution in [0, 0.1) is 0 Å². The SMILES string of the molecule is CCSc1cccc(C(=O)Nc2nnc(-c3ccn(C)n3)o2)c1. The summed E-state index contributed by atoms with van der Waals surface area (Å²) < 4.78 is 7.05. The molecule has 8 heteroatoms. The summed E-state index contributed by atoms with van der Waals surface area (Å²) >= 11 is 1.67. The summed E-state index contributed by atoms with van der Waals surface area (Å²) in [6.07, 6.45) is 1.77. The molecule has 0 fully saturated rings. The molecule has 0 bridgehead atoms. The molecule has 0 atom stereocenters. The van der Waals surface area contributed by atoms with E-state index in [4.69, 9.17) is 4.42 Å². The average molecular weight is 329 g/mol. The van der Waals surface area contributed by atoms with Crippen molar-refractivity contribution in [2.45, 2.75) is 11.8 Å². The number of aryl methyl sites for hydroxylation is 1. The zero-order chi connectivity index (χ0) is 16.2. The van der Waals surface area contributed by atoms with Gasteiger partial charge in [0.25, 0.3) is 11.8 Å². The highest BCUT2D eigenvalue weighted by Crippen LogP contribution is 2.20. The number of aromatic nitrogens is 4. The lowest BCUT2D eigenvalue weighted by atomic mass is 10.2. The average Bonchev–Trinajstić information content (AvgIpc) is 3.17. The van der Waals surface area contributed by atoms with E-state index in [1.807, 2.05) is 18.2 Å². The Bertz CT molecular complexity index is 827. The molecule has 0 aliphatic carbocycles. The fraction of sp³-hybridized carbons (Fsp3) is 0.200. The Morgan fingerprint density at radius 2 is 2.22 bits per heavy atom. The highest BCUT2D eigenvalue weighted by Gasteiger charge is 2.14. The van der Waals surface area contributed by atoms with Gasteiger partial charge < -0.3 is 4.42 Å². The van der Waals surface area contributed by atoms with Crippen molar-refractivity contribution in [3.8, 4) is 11.6 Å². The fourth-order valence-electron chi connectivity index (χ4n) is 1.97. The van der Waals surface area contributed by atoms with Gasteiger partial charge >= 0.3 is 6.01 Å². The highest BCUT2D eigenvalue weighted by molar-refractivity contribution is 7.99. The van der Waals surface area contributed by atoms with Crippen LogP contribution in [-0.4, -0.2) is 31.6 Å². The number of carbonyl (C=O) groups excluding carboxylic acids is 1. The smallest absolute Gasteiger partial charge is 0.322 e. The summed E-state index contributed by atoms with van der Waals surface area (Å²) in [5, 5.41) is 14.5. The van der Waals surface area contributed by atoms with Crippen LogP contribution < -0.4 is 5.32 Å². The second-order valence-corrected chi connectivity index (χ2v) is 6.04. The van der Waals surface area contributed by atoms with Crippen molar-refractivity contribution in [1.29, 1.82) is 0 Å². The predicted molar refractivity (Wildman–Crippen MR) is 87.3 cm³/mol. The van der Waals surface area contributed by atoms with Crippen LogP contribution in [0.15, 0.2) is 45.8 Å². The molecule has 0 saturated heterocycles. The van der Waals surface area contributed by atoms with Crippen LogP contribution in [-0.2, 0) is 7.05 Å². The topological polar surface area (TPSA) is 85.8 Å². The van der Waals surface area contributed by atoms with Gasteiger partial charge in [0.15, 0.2) is 0 Å². The molecule has 7 nitrogen and oxygen atoms in total. The van der Waals surface area contributed by atoms with Gasteiger partial charge in [0.05, 0.1) is 0 Å². The van der Waals surface area contributed by atoms with Gasteiger partial charge in [-0.1, -0.05) is 18.1 Å². The van der Waals surface area contributed by atoms with Crippen LogP contribution >= 0.6 is 11.8 Å². The second-order valence-electron chi connectivity index (χ2n) is 4.70. The Hall–Kier alpha value is -2.61. The Kier molecular flexibility index (Phi) is 4.42. The van der Waals surface area contributed by atoms with Crippen LogP contribution in [0.4, 0.5) is 6.01 Å². The third-order valence-electron chi connectivity index (χ3n) is 2.99. The Morgan fingerprint density at radius 1 is 1.35 bits per heavy atom. The van der Waals surface area contributed by atoms with E-state index < -0.39 is 0 Å². The molecule has 0 aliphatic rings. The predicted octanol–water partition coefficient (Wildman–Crippen LogP) is 2.83. The molecular formula is C15H15N5O2S. The first-order valence-electron chi connectivity index (χ1n) is 7.03. The molecule has 1 amide bonds. The van der Waals surface area contributed by atoms with E-state index in [0.717, 1.165) is 10.6 Å². The van der Waals surface area contributed by atoms with E-state index in [-0.39, 0.29) is 17.8 Å². The van der Waals surface area contributed by atoms with Crippen LogP contribution in [0.3, 0.4) is 0 Å². The van der Waals surface area contributed by atoms with Gasteiger partial charge in [0, 0.05) is 23.7 Å². The quantitative estimate of drug-likeness (QED) is 0.724. The lowest BCUT2D eigenvalue weighted by Crippen LogP contribution is -2.12. The summed E-state index contributed by atoms with van der Waals surface area (Å²) in [5.74, 6) is 0.915. The van der Waals surface area contributed by atoms with E-state index >= 15 is 0 Å². The minimum atomic E-state index is -0.292. The number of anilines is 1. The van der Waals surface area contributed by atoms with Crippen molar-refractivity contribution in [3.63, 3.8) is 0 Å². The van der Waals surface area contributed by atoms with Gasteiger partial charge in [0.2, 0.25) is 0 Å². The third kappa shape index (κ3) is 3.59. The lowest BCUT2D eigenvalue weighted by molar-refractivity contribution is 0.102. The summed E-state index contributed by atoms with van der Waals surface area (Å²) in [7, 11) is 1.80. The largest absolute Gasteiger partial charge is 0.401 e. The number of hydrogen-bond acceptors (Lipinski definition) is 6. The van der Waals surface area contributed by atoms with Gasteiger partial charge in [0.1, 0.15) is 5.69 Å². The molecule has 23 heavy (non-hydrogen) atoms. The normalized spacial score (nSPS) is 10.7. The van der Waals surface area contributed by atoms with Crippen molar-refractivity contribution in [1.82, 2.24) is 20.0 Å². The molecule has 1 aromatic carbocycles. The van der Waals surface area contributed by atoms with Gasteiger partial charge in [-0.2, -0.15) is 5.10 Å². The van der Waals surface area contributed by atoms with Crippen LogP contribution in [0.2, 0.25) is 0 Å². The first-order valence-corrected chi connectivity index (χ1v) is 8.02. The van der Waals surface area contributed by atoms with E-state index in [9.17, 15) is 4.79 Å². The second kappa shape index (κ2) is 6.66. The fourth-order valence-corrected chi connectivity index (χ4v) is 2.69. The monoisotopic (exact) mass is 329 g/mol. The van der Waals surface area contributed by atoms with Crippen molar-refractivity contribution >= 4 is 23.7 Å². The molecule has 0 unspecified atom stereocenters. The molecule has 118 valence electrons. The van der Waals surface area contributed by atoms with Crippen molar-refractivity contribution < 1.29 is 9.21 Å². The van der Waals surface area contributed by atoms with Gasteiger partial charge in [-0.05, 0) is 30.0 Å². The third-order valence-corrected chi connectivity index (χ3v) is 3.86. The maximum absolute atomic E-state index is 12.3. The van der Waals surface area contributed by atoms with E-state index in [0.29, 0.717) is 11.3 Å². The van der Waals surface area contributed by atoms with Gasteiger partial charge in [-0.15, -0.1) is 16.9 Å². The molecule has 2 heterocycles. The number of carbonyl (C=O) groups is 1. The number of rotatable bonds is 5. The summed E-state index contributed by atoms with van der Waals surface area (Å²) in [6, 6.07) is 9.19. The molecule has 0 spiro atoms. The Balaban J connectivity index is 1.73. The molecule has 2 aromatic heterocycles. The summed E-state index contributed by atoms with van der Waals surface area (Å²) in [4.78, 5) is 13.3. The molecule has 0 aliphatic heterocycles. The zero-order valence-electron chi connectivity index (χ0n) is 12.7. The number of nitrogens with zero attached hydrogens (tertiary/aromatic N) is 4. The number of benzene rings is 1. The molecule has 3 rings (SSSR count). The molecular weight excluding hydrogens is 314 g/mol. The zero-order valence-corrected chi connectivity index (χ0v) is 13.5. The minimum absolute atomic E-state index is 0.0456.